The average Bonchev–Trinajstić information content (AvgIpc) is 2.84. The van der Waals surface area contributed by atoms with E-state index in [9.17, 15) is 9.59 Å². The monoisotopic (exact) mass is 318 g/mol. The molecule has 7 atom stereocenters. The molecular formula is C20H30O3. The number of rotatable bonds is 2. The van der Waals surface area contributed by atoms with Gasteiger partial charge in [0, 0.05) is 11.8 Å². The first-order valence-corrected chi connectivity index (χ1v) is 9.61. The molecule has 128 valence electrons. The summed E-state index contributed by atoms with van der Waals surface area (Å²) in [6.07, 6.45) is 10.2. The van der Waals surface area contributed by atoms with Crippen molar-refractivity contribution in [3.8, 4) is 0 Å². The predicted octanol–water partition coefficient (Wildman–Crippen LogP) is 4.14. The fourth-order valence-electron chi connectivity index (χ4n) is 7.19. The van der Waals surface area contributed by atoms with Crippen LogP contribution in [0.1, 0.15) is 71.6 Å². The van der Waals surface area contributed by atoms with Gasteiger partial charge in [0.1, 0.15) is 11.9 Å². The van der Waals surface area contributed by atoms with Crippen molar-refractivity contribution < 1.29 is 14.3 Å². The molecule has 0 heterocycles. The summed E-state index contributed by atoms with van der Waals surface area (Å²) in [5, 5.41) is 0. The molecule has 7 unspecified atom stereocenters. The quantitative estimate of drug-likeness (QED) is 0.719. The molecule has 4 aliphatic rings. The zero-order valence-corrected chi connectivity index (χ0v) is 14.6. The van der Waals surface area contributed by atoms with E-state index in [0.717, 1.165) is 43.9 Å². The van der Waals surface area contributed by atoms with Gasteiger partial charge in [-0.3, -0.25) is 9.59 Å². The number of ether oxygens (including phenoxy) is 1. The third kappa shape index (κ3) is 2.14. The zero-order valence-electron chi connectivity index (χ0n) is 14.6. The first-order valence-electron chi connectivity index (χ1n) is 9.61. The molecule has 0 spiro atoms. The molecule has 3 nitrogen and oxygen atoms in total. The Bertz CT molecular complexity index is 515. The second-order valence-electron chi connectivity index (χ2n) is 9.20. The van der Waals surface area contributed by atoms with Crippen molar-refractivity contribution in [1.82, 2.24) is 0 Å². The Labute approximate surface area is 139 Å². The first-order chi connectivity index (χ1) is 11.0. The highest BCUT2D eigenvalue weighted by atomic mass is 16.5. The lowest BCUT2D eigenvalue weighted by Gasteiger charge is -2.60. The Morgan fingerprint density at radius 3 is 2.65 bits per heavy atom. The predicted molar refractivity (Wildman–Crippen MR) is 87.7 cm³/mol. The molecule has 4 saturated carbocycles. The maximum absolute atomic E-state index is 12.4. The van der Waals surface area contributed by atoms with Gasteiger partial charge in [-0.25, -0.2) is 0 Å². The number of hydrogen-bond donors (Lipinski definition) is 0. The van der Waals surface area contributed by atoms with Gasteiger partial charge in [-0.2, -0.15) is 0 Å². The van der Waals surface area contributed by atoms with E-state index in [1.54, 1.807) is 0 Å². The van der Waals surface area contributed by atoms with Crippen LogP contribution >= 0.6 is 0 Å². The van der Waals surface area contributed by atoms with Crippen molar-refractivity contribution in [3.05, 3.63) is 0 Å². The molecule has 0 N–H and O–H groups in total. The summed E-state index contributed by atoms with van der Waals surface area (Å²) < 4.78 is 5.29. The van der Waals surface area contributed by atoms with Crippen molar-refractivity contribution in [3.63, 3.8) is 0 Å². The van der Waals surface area contributed by atoms with Crippen LogP contribution in [-0.2, 0) is 14.3 Å². The molecule has 0 aromatic heterocycles. The van der Waals surface area contributed by atoms with Crippen molar-refractivity contribution in [2.45, 2.75) is 77.7 Å². The second-order valence-corrected chi connectivity index (χ2v) is 9.20. The minimum atomic E-state index is -0.0117. The number of Topliss-reactive ketones (excluding diaryl/α,β-unsaturated/α-hetero) is 1. The van der Waals surface area contributed by atoms with Gasteiger partial charge in [-0.1, -0.05) is 13.8 Å². The van der Waals surface area contributed by atoms with Gasteiger partial charge in [0.2, 0.25) is 0 Å². The van der Waals surface area contributed by atoms with Gasteiger partial charge < -0.3 is 4.74 Å². The van der Waals surface area contributed by atoms with Gasteiger partial charge in [-0.05, 0) is 80.5 Å². The molecule has 4 fully saturated rings. The summed E-state index contributed by atoms with van der Waals surface area (Å²) >= 11 is 0. The van der Waals surface area contributed by atoms with Gasteiger partial charge in [0.05, 0.1) is 0 Å². The molecule has 0 radical (unpaired) electrons. The molecular weight excluding hydrogens is 288 g/mol. The van der Waals surface area contributed by atoms with Crippen LogP contribution in [0.3, 0.4) is 0 Å². The van der Waals surface area contributed by atoms with Crippen LogP contribution in [-0.4, -0.2) is 18.4 Å². The van der Waals surface area contributed by atoms with E-state index in [-0.39, 0.29) is 11.5 Å². The lowest BCUT2D eigenvalue weighted by molar-refractivity contribution is -0.151. The second kappa shape index (κ2) is 5.32. The van der Waals surface area contributed by atoms with Crippen LogP contribution in [0.5, 0.6) is 0 Å². The van der Waals surface area contributed by atoms with E-state index < -0.39 is 0 Å². The zero-order chi connectivity index (χ0) is 16.2. The van der Waals surface area contributed by atoms with Crippen molar-refractivity contribution in [2.75, 3.05) is 0 Å². The fourth-order valence-corrected chi connectivity index (χ4v) is 7.19. The van der Waals surface area contributed by atoms with Gasteiger partial charge in [0.25, 0.3) is 6.47 Å². The maximum atomic E-state index is 12.4. The number of carbonyl (C=O) groups is 2. The molecule has 0 amide bonds. The van der Waals surface area contributed by atoms with Crippen LogP contribution in [0.2, 0.25) is 0 Å². The summed E-state index contributed by atoms with van der Waals surface area (Å²) in [5.41, 5.74) is 0.390. The van der Waals surface area contributed by atoms with Crippen LogP contribution < -0.4 is 0 Å². The third-order valence-corrected chi connectivity index (χ3v) is 8.57. The van der Waals surface area contributed by atoms with Crippen LogP contribution in [0.25, 0.3) is 0 Å². The molecule has 4 rings (SSSR count). The van der Waals surface area contributed by atoms with Crippen LogP contribution in [0.15, 0.2) is 0 Å². The molecule has 4 aliphatic carbocycles. The van der Waals surface area contributed by atoms with Crippen molar-refractivity contribution in [1.29, 1.82) is 0 Å². The largest absolute Gasteiger partial charge is 0.465 e. The number of hydrogen-bond acceptors (Lipinski definition) is 3. The van der Waals surface area contributed by atoms with Crippen molar-refractivity contribution >= 4 is 12.3 Å². The smallest absolute Gasteiger partial charge is 0.293 e. The maximum Gasteiger partial charge on any atom is 0.293 e. The van der Waals surface area contributed by atoms with E-state index in [0.29, 0.717) is 29.5 Å². The van der Waals surface area contributed by atoms with E-state index >= 15 is 0 Å². The Kier molecular flexibility index (Phi) is 3.62. The van der Waals surface area contributed by atoms with E-state index in [1.807, 2.05) is 0 Å². The topological polar surface area (TPSA) is 43.4 Å². The Hall–Kier alpha value is -0.860. The van der Waals surface area contributed by atoms with E-state index in [2.05, 4.69) is 13.8 Å². The molecule has 0 saturated heterocycles. The van der Waals surface area contributed by atoms with Gasteiger partial charge >= 0.3 is 0 Å². The number of ketones is 1. The lowest BCUT2D eigenvalue weighted by atomic mass is 9.45. The normalized spacial score (nSPS) is 52.3. The third-order valence-electron chi connectivity index (χ3n) is 8.57. The van der Waals surface area contributed by atoms with Crippen molar-refractivity contribution in [2.24, 2.45) is 34.5 Å². The number of fused-ring (bicyclic) bond motifs is 5. The van der Waals surface area contributed by atoms with Gasteiger partial charge in [-0.15, -0.1) is 0 Å². The highest BCUT2D eigenvalue weighted by molar-refractivity contribution is 5.87. The molecule has 23 heavy (non-hydrogen) atoms. The van der Waals surface area contributed by atoms with Crippen LogP contribution in [0, 0.1) is 34.5 Å². The number of carbonyl (C=O) groups excluding carboxylic acids is 2. The van der Waals surface area contributed by atoms with Gasteiger partial charge in [0.15, 0.2) is 0 Å². The molecule has 0 aliphatic heterocycles. The molecule has 0 bridgehead atoms. The first kappa shape index (κ1) is 15.7. The summed E-state index contributed by atoms with van der Waals surface area (Å²) in [5.74, 6) is 3.41. The SMILES string of the molecule is CC12CCC3C(CCC4CC(OC=O)CCC43C)C1CCC2=O. The Morgan fingerprint density at radius 2 is 1.87 bits per heavy atom. The summed E-state index contributed by atoms with van der Waals surface area (Å²) in [7, 11) is 0. The molecule has 3 heteroatoms. The van der Waals surface area contributed by atoms with Crippen LogP contribution in [0.4, 0.5) is 0 Å². The van der Waals surface area contributed by atoms with E-state index in [1.165, 1.54) is 25.7 Å². The fraction of sp³-hybridized carbons (Fsp3) is 0.900. The summed E-state index contributed by atoms with van der Waals surface area (Å²) in [6, 6.07) is 0. The minimum Gasteiger partial charge on any atom is -0.465 e. The van der Waals surface area contributed by atoms with E-state index in [4.69, 9.17) is 4.74 Å². The highest BCUT2D eigenvalue weighted by Gasteiger charge is 2.60. The molecule has 0 aromatic rings. The molecule has 0 aromatic carbocycles. The summed E-state index contributed by atoms with van der Waals surface area (Å²) in [6.45, 7) is 5.40. The average molecular weight is 318 g/mol. The summed E-state index contributed by atoms with van der Waals surface area (Å²) in [4.78, 5) is 23.1. The lowest BCUT2D eigenvalue weighted by Crippen LogP contribution is -2.54. The minimum absolute atomic E-state index is 0.0117. The standard InChI is InChI=1S/C20H30O3/c1-19-9-7-14(23-12-21)11-13(19)3-4-15-16-5-6-18(22)20(16,2)10-8-17(15)19/h12-17H,3-11H2,1-2H3. The highest BCUT2D eigenvalue weighted by Crippen LogP contribution is 2.65. The Morgan fingerprint density at radius 1 is 1.04 bits per heavy atom. The Balaban J connectivity index is 1.57.